The molecule has 110 valence electrons. The van der Waals surface area contributed by atoms with E-state index < -0.39 is 0 Å². The van der Waals surface area contributed by atoms with Gasteiger partial charge in [0, 0.05) is 30.2 Å². The highest BCUT2D eigenvalue weighted by Gasteiger charge is 2.46. The molecule has 3 nitrogen and oxygen atoms in total. The summed E-state index contributed by atoms with van der Waals surface area (Å²) in [4.78, 5) is 0. The van der Waals surface area contributed by atoms with E-state index in [1.54, 1.807) is 7.11 Å². The van der Waals surface area contributed by atoms with E-state index in [9.17, 15) is 5.11 Å². The number of benzene rings is 1. The summed E-state index contributed by atoms with van der Waals surface area (Å²) in [6.07, 6.45) is 4.40. The molecule has 3 heteroatoms. The summed E-state index contributed by atoms with van der Waals surface area (Å²) in [7, 11) is 1.75. The zero-order valence-electron chi connectivity index (χ0n) is 12.8. The SMILES string of the molecule is COC1CC2(CCC2)Oc2cc(C(C)C)c(O)c(C)c21. The minimum Gasteiger partial charge on any atom is -0.507 e. The highest BCUT2D eigenvalue weighted by molar-refractivity contribution is 5.55. The second-order valence-corrected chi connectivity index (χ2v) is 6.57. The van der Waals surface area contributed by atoms with E-state index >= 15 is 0 Å². The number of phenolic OH excluding ortho intramolecular Hbond substituents is 1. The van der Waals surface area contributed by atoms with Crippen molar-refractivity contribution in [2.45, 2.75) is 64.1 Å². The van der Waals surface area contributed by atoms with Crippen molar-refractivity contribution < 1.29 is 14.6 Å². The van der Waals surface area contributed by atoms with Crippen molar-refractivity contribution in [3.63, 3.8) is 0 Å². The number of aromatic hydroxyl groups is 1. The molecule has 0 radical (unpaired) electrons. The lowest BCUT2D eigenvalue weighted by Crippen LogP contribution is -2.47. The van der Waals surface area contributed by atoms with Crippen molar-refractivity contribution in [2.75, 3.05) is 7.11 Å². The molecule has 0 bridgehead atoms. The first kappa shape index (κ1) is 13.7. The van der Waals surface area contributed by atoms with Gasteiger partial charge >= 0.3 is 0 Å². The first-order valence-electron chi connectivity index (χ1n) is 7.55. The van der Waals surface area contributed by atoms with Gasteiger partial charge in [0.2, 0.25) is 0 Å². The number of phenols is 1. The Morgan fingerprint density at radius 2 is 2.10 bits per heavy atom. The van der Waals surface area contributed by atoms with Gasteiger partial charge in [-0.05, 0) is 38.2 Å². The Morgan fingerprint density at radius 3 is 2.60 bits per heavy atom. The van der Waals surface area contributed by atoms with Gasteiger partial charge in [-0.15, -0.1) is 0 Å². The maximum Gasteiger partial charge on any atom is 0.126 e. The van der Waals surface area contributed by atoms with Gasteiger partial charge in [-0.2, -0.15) is 0 Å². The molecule has 1 heterocycles. The fraction of sp³-hybridized carbons (Fsp3) is 0.647. The summed E-state index contributed by atoms with van der Waals surface area (Å²) >= 11 is 0. The minimum absolute atomic E-state index is 0.0225. The molecule has 1 fully saturated rings. The maximum atomic E-state index is 10.4. The maximum absolute atomic E-state index is 10.4. The monoisotopic (exact) mass is 276 g/mol. The van der Waals surface area contributed by atoms with E-state index in [0.29, 0.717) is 5.75 Å². The van der Waals surface area contributed by atoms with Gasteiger partial charge in [0.05, 0.1) is 6.10 Å². The predicted molar refractivity (Wildman–Crippen MR) is 78.5 cm³/mol. The van der Waals surface area contributed by atoms with E-state index in [1.165, 1.54) is 6.42 Å². The minimum atomic E-state index is -0.0225. The summed E-state index contributed by atoms with van der Waals surface area (Å²) in [6.45, 7) is 6.15. The normalized spacial score (nSPS) is 23.4. The number of hydrogen-bond donors (Lipinski definition) is 1. The second kappa shape index (κ2) is 4.66. The topological polar surface area (TPSA) is 38.7 Å². The Morgan fingerprint density at radius 1 is 1.40 bits per heavy atom. The molecule has 1 aromatic rings. The smallest absolute Gasteiger partial charge is 0.126 e. The van der Waals surface area contributed by atoms with Gasteiger partial charge in [0.1, 0.15) is 17.1 Å². The highest BCUT2D eigenvalue weighted by Crippen LogP contribution is 2.53. The second-order valence-electron chi connectivity index (χ2n) is 6.57. The molecule has 3 rings (SSSR count). The molecule has 1 aliphatic heterocycles. The van der Waals surface area contributed by atoms with Gasteiger partial charge in [-0.3, -0.25) is 0 Å². The summed E-state index contributed by atoms with van der Waals surface area (Å²) < 4.78 is 12.0. The van der Waals surface area contributed by atoms with Crippen LogP contribution in [0.1, 0.15) is 68.2 Å². The predicted octanol–water partition coefficient (Wildman–Crippen LogP) is 4.22. The van der Waals surface area contributed by atoms with Crippen molar-refractivity contribution in [3.8, 4) is 11.5 Å². The van der Waals surface area contributed by atoms with Gasteiger partial charge in [0.25, 0.3) is 0 Å². The molecular formula is C17H24O3. The zero-order valence-corrected chi connectivity index (χ0v) is 12.8. The molecule has 20 heavy (non-hydrogen) atoms. The van der Waals surface area contributed by atoms with Crippen molar-refractivity contribution in [3.05, 3.63) is 22.8 Å². The molecule has 0 aromatic heterocycles. The van der Waals surface area contributed by atoms with Crippen molar-refractivity contribution >= 4 is 0 Å². The molecule has 1 spiro atoms. The van der Waals surface area contributed by atoms with E-state index in [1.807, 2.05) is 13.0 Å². The number of ether oxygens (including phenoxy) is 2. The van der Waals surface area contributed by atoms with E-state index in [0.717, 1.165) is 41.7 Å². The van der Waals surface area contributed by atoms with E-state index in [2.05, 4.69) is 13.8 Å². The van der Waals surface area contributed by atoms with Crippen LogP contribution in [0.4, 0.5) is 0 Å². The number of hydrogen-bond acceptors (Lipinski definition) is 3. The van der Waals surface area contributed by atoms with Crippen LogP contribution in [0.5, 0.6) is 11.5 Å². The van der Waals surface area contributed by atoms with Gasteiger partial charge < -0.3 is 14.6 Å². The molecule has 0 saturated heterocycles. The molecule has 1 saturated carbocycles. The summed E-state index contributed by atoms with van der Waals surface area (Å²) in [5.74, 6) is 1.60. The van der Waals surface area contributed by atoms with E-state index in [4.69, 9.17) is 9.47 Å². The molecule has 1 aliphatic carbocycles. The molecule has 1 unspecified atom stereocenters. The average molecular weight is 276 g/mol. The first-order valence-corrected chi connectivity index (χ1v) is 7.55. The highest BCUT2D eigenvalue weighted by atomic mass is 16.5. The molecule has 2 aliphatic rings. The van der Waals surface area contributed by atoms with E-state index in [-0.39, 0.29) is 17.6 Å². The van der Waals surface area contributed by atoms with Gasteiger partial charge in [-0.25, -0.2) is 0 Å². The number of methoxy groups -OCH3 is 1. The lowest BCUT2D eigenvalue weighted by molar-refractivity contribution is -0.0772. The first-order chi connectivity index (χ1) is 9.47. The summed E-state index contributed by atoms with van der Waals surface area (Å²) in [5.41, 5.74) is 2.89. The van der Waals surface area contributed by atoms with Crippen LogP contribution in [0.25, 0.3) is 0 Å². The summed E-state index contributed by atoms with van der Waals surface area (Å²) in [6, 6.07) is 2.02. The van der Waals surface area contributed by atoms with Crippen molar-refractivity contribution in [1.82, 2.24) is 0 Å². The van der Waals surface area contributed by atoms with Crippen LogP contribution in [0.3, 0.4) is 0 Å². The van der Waals surface area contributed by atoms with Crippen LogP contribution >= 0.6 is 0 Å². The molecule has 1 aromatic carbocycles. The Bertz CT molecular complexity index is 530. The third-order valence-electron chi connectivity index (χ3n) is 4.96. The molecule has 1 atom stereocenters. The van der Waals surface area contributed by atoms with Crippen LogP contribution < -0.4 is 4.74 Å². The average Bonchev–Trinajstić information content (AvgIpc) is 2.39. The quantitative estimate of drug-likeness (QED) is 0.879. The lowest BCUT2D eigenvalue weighted by atomic mass is 9.73. The zero-order chi connectivity index (χ0) is 14.5. The Kier molecular flexibility index (Phi) is 3.20. The number of rotatable bonds is 2. The van der Waals surface area contributed by atoms with Crippen molar-refractivity contribution in [1.29, 1.82) is 0 Å². The van der Waals surface area contributed by atoms with Crippen LogP contribution in [0, 0.1) is 6.92 Å². The third kappa shape index (κ3) is 1.91. The van der Waals surface area contributed by atoms with Crippen LogP contribution in [0.15, 0.2) is 6.07 Å². The van der Waals surface area contributed by atoms with Gasteiger partial charge in [0.15, 0.2) is 0 Å². The summed E-state index contributed by atoms with van der Waals surface area (Å²) in [5, 5.41) is 10.4. The molecule has 1 N–H and O–H groups in total. The largest absolute Gasteiger partial charge is 0.507 e. The fourth-order valence-electron chi connectivity index (χ4n) is 3.53. The molecule has 0 amide bonds. The van der Waals surface area contributed by atoms with Crippen LogP contribution in [-0.2, 0) is 4.74 Å². The third-order valence-corrected chi connectivity index (χ3v) is 4.96. The van der Waals surface area contributed by atoms with Crippen molar-refractivity contribution in [2.24, 2.45) is 0 Å². The van der Waals surface area contributed by atoms with Crippen LogP contribution in [0.2, 0.25) is 0 Å². The fourth-order valence-corrected chi connectivity index (χ4v) is 3.53. The Labute approximate surface area is 120 Å². The Balaban J connectivity index is 2.12. The standard InChI is InChI=1S/C17H24O3/c1-10(2)12-8-13-15(11(3)16(12)18)14(19-4)9-17(20-13)6-5-7-17/h8,10,14,18H,5-7,9H2,1-4H3. The number of fused-ring (bicyclic) bond motifs is 1. The lowest BCUT2D eigenvalue weighted by Gasteiger charge is -2.48. The van der Waals surface area contributed by atoms with Crippen LogP contribution in [-0.4, -0.2) is 17.8 Å². The Hall–Kier alpha value is -1.22. The molecular weight excluding hydrogens is 252 g/mol. The van der Waals surface area contributed by atoms with Gasteiger partial charge in [-0.1, -0.05) is 13.8 Å².